The number of hydrogen-bond acceptors (Lipinski definition) is 0. The van der Waals surface area contributed by atoms with Gasteiger partial charge in [0.25, 0.3) is 0 Å². The molecule has 0 saturated heterocycles. The van der Waals surface area contributed by atoms with E-state index in [0.29, 0.717) is 0 Å². The molecule has 1 aliphatic carbocycles. The third-order valence-corrected chi connectivity index (χ3v) is 5.45. The highest BCUT2D eigenvalue weighted by molar-refractivity contribution is 6.01. The van der Waals surface area contributed by atoms with Crippen molar-refractivity contribution >= 4 is 10.8 Å². The predicted octanol–water partition coefficient (Wildman–Crippen LogP) is 5.21. The topological polar surface area (TPSA) is 3.88 Å². The van der Waals surface area contributed by atoms with Gasteiger partial charge in [-0.15, -0.1) is 0 Å². The second-order valence-corrected chi connectivity index (χ2v) is 7.02. The molecule has 25 heavy (non-hydrogen) atoms. The van der Waals surface area contributed by atoms with Crippen LogP contribution in [0.2, 0.25) is 0 Å². The third kappa shape index (κ3) is 2.12. The van der Waals surface area contributed by atoms with E-state index in [9.17, 15) is 0 Å². The Hall–Kier alpha value is -2.93. The maximum atomic E-state index is 2.40. The van der Waals surface area contributed by atoms with E-state index in [4.69, 9.17) is 0 Å². The number of aryl methyl sites for hydroxylation is 2. The minimum Gasteiger partial charge on any atom is -0.201 e. The Morgan fingerprint density at radius 1 is 0.800 bits per heavy atom. The Kier molecular flexibility index (Phi) is 3.05. The van der Waals surface area contributed by atoms with E-state index >= 15 is 0 Å². The van der Waals surface area contributed by atoms with Gasteiger partial charge in [0.1, 0.15) is 7.05 Å². The summed E-state index contributed by atoms with van der Waals surface area (Å²) in [5.74, 6) is 0. The van der Waals surface area contributed by atoms with E-state index in [-0.39, 0.29) is 0 Å². The minimum absolute atomic E-state index is 1.04. The smallest absolute Gasteiger partial charge is 0.201 e. The zero-order valence-corrected chi connectivity index (χ0v) is 14.6. The molecule has 0 amide bonds. The van der Waals surface area contributed by atoms with Crippen molar-refractivity contribution in [2.24, 2.45) is 7.05 Å². The number of benzene rings is 3. The second kappa shape index (κ2) is 5.29. The molecule has 0 saturated carbocycles. The Morgan fingerprint density at radius 3 is 2.52 bits per heavy atom. The lowest BCUT2D eigenvalue weighted by atomic mass is 9.94. The largest absolute Gasteiger partial charge is 0.212 e. The van der Waals surface area contributed by atoms with Crippen LogP contribution in [0.15, 0.2) is 72.9 Å². The molecule has 0 N–H and O–H groups in total. The molecule has 0 atom stereocenters. The van der Waals surface area contributed by atoms with Crippen LogP contribution in [0.3, 0.4) is 0 Å². The molecule has 1 heteroatoms. The number of nitrogens with zero attached hydrogens (tertiary/aromatic N) is 1. The van der Waals surface area contributed by atoms with Crippen LogP contribution in [0, 0.1) is 6.92 Å². The first-order valence-corrected chi connectivity index (χ1v) is 8.82. The summed E-state index contributed by atoms with van der Waals surface area (Å²) < 4.78 is 2.20. The monoisotopic (exact) mass is 322 g/mol. The van der Waals surface area contributed by atoms with Crippen molar-refractivity contribution in [3.63, 3.8) is 0 Å². The average molecular weight is 322 g/mol. The molecule has 0 aliphatic heterocycles. The molecule has 5 rings (SSSR count). The zero-order valence-electron chi connectivity index (χ0n) is 14.6. The minimum atomic E-state index is 1.04. The standard InChI is InChI=1S/C24H20N/c1-16-13-19-14-18-11-10-17-7-3-4-8-20(17)24(18)22(19)15-21(16)23-9-5-6-12-25(23)2/h3-13,15H,14H2,1-2H3/q+1. The van der Waals surface area contributed by atoms with E-state index < -0.39 is 0 Å². The first-order chi connectivity index (χ1) is 12.2. The van der Waals surface area contributed by atoms with Crippen molar-refractivity contribution in [2.45, 2.75) is 13.3 Å². The average Bonchev–Trinajstić information content (AvgIpc) is 2.99. The summed E-state index contributed by atoms with van der Waals surface area (Å²) in [6.45, 7) is 2.23. The van der Waals surface area contributed by atoms with Crippen LogP contribution in [0.25, 0.3) is 33.2 Å². The second-order valence-electron chi connectivity index (χ2n) is 7.02. The fraction of sp³-hybridized carbons (Fsp3) is 0.125. The summed E-state index contributed by atoms with van der Waals surface area (Å²) in [6.07, 6.45) is 3.16. The van der Waals surface area contributed by atoms with Crippen molar-refractivity contribution in [3.8, 4) is 22.4 Å². The lowest BCUT2D eigenvalue weighted by Crippen LogP contribution is -2.30. The Labute approximate surface area is 148 Å². The lowest BCUT2D eigenvalue weighted by molar-refractivity contribution is -0.660. The van der Waals surface area contributed by atoms with Gasteiger partial charge in [-0.25, -0.2) is 4.57 Å². The van der Waals surface area contributed by atoms with Crippen LogP contribution >= 0.6 is 0 Å². The van der Waals surface area contributed by atoms with Gasteiger partial charge in [0.05, 0.1) is 0 Å². The summed E-state index contributed by atoms with van der Waals surface area (Å²) in [6, 6.07) is 24.5. The first kappa shape index (κ1) is 14.4. The summed E-state index contributed by atoms with van der Waals surface area (Å²) in [5, 5.41) is 2.69. The molecular formula is C24H20N+. The Morgan fingerprint density at radius 2 is 1.64 bits per heavy atom. The number of aromatic nitrogens is 1. The molecule has 0 unspecified atom stereocenters. The van der Waals surface area contributed by atoms with Gasteiger partial charge in [0.15, 0.2) is 6.20 Å². The zero-order chi connectivity index (χ0) is 17.0. The molecule has 0 spiro atoms. The van der Waals surface area contributed by atoms with Gasteiger partial charge >= 0.3 is 0 Å². The quantitative estimate of drug-likeness (QED) is 0.373. The summed E-state index contributed by atoms with van der Waals surface area (Å²) in [7, 11) is 2.12. The van der Waals surface area contributed by atoms with E-state index in [1.807, 2.05) is 0 Å². The Balaban J connectivity index is 1.81. The molecule has 1 aliphatic rings. The van der Waals surface area contributed by atoms with Crippen LogP contribution in [0.4, 0.5) is 0 Å². The van der Waals surface area contributed by atoms with Crippen molar-refractivity contribution in [2.75, 3.05) is 0 Å². The highest BCUT2D eigenvalue weighted by atomic mass is 14.9. The predicted molar refractivity (Wildman–Crippen MR) is 104 cm³/mol. The number of hydrogen-bond donors (Lipinski definition) is 0. The summed E-state index contributed by atoms with van der Waals surface area (Å²) >= 11 is 0. The van der Waals surface area contributed by atoms with Crippen LogP contribution in [0.1, 0.15) is 16.7 Å². The van der Waals surface area contributed by atoms with E-state index in [1.54, 1.807) is 0 Å². The third-order valence-electron chi connectivity index (χ3n) is 5.45. The van der Waals surface area contributed by atoms with Crippen LogP contribution in [-0.4, -0.2) is 0 Å². The highest BCUT2D eigenvalue weighted by Crippen LogP contribution is 2.43. The summed E-state index contributed by atoms with van der Waals surface area (Å²) in [4.78, 5) is 0. The fourth-order valence-electron chi connectivity index (χ4n) is 4.21. The van der Waals surface area contributed by atoms with E-state index in [2.05, 4.69) is 91.5 Å². The van der Waals surface area contributed by atoms with Crippen LogP contribution in [0.5, 0.6) is 0 Å². The molecule has 1 heterocycles. The molecule has 3 aromatic carbocycles. The van der Waals surface area contributed by atoms with E-state index in [0.717, 1.165) is 6.42 Å². The fourth-order valence-corrected chi connectivity index (χ4v) is 4.21. The molecule has 1 nitrogen and oxygen atoms in total. The van der Waals surface area contributed by atoms with Gasteiger partial charge in [0.2, 0.25) is 5.69 Å². The maximum Gasteiger partial charge on any atom is 0.212 e. The number of pyridine rings is 1. The molecule has 1 aromatic heterocycles. The molecule has 120 valence electrons. The molecule has 0 bridgehead atoms. The van der Waals surface area contributed by atoms with Crippen molar-refractivity contribution < 1.29 is 4.57 Å². The normalized spacial score (nSPS) is 12.2. The number of fused-ring (bicyclic) bond motifs is 5. The highest BCUT2D eigenvalue weighted by Gasteiger charge is 2.23. The van der Waals surface area contributed by atoms with Gasteiger partial charge in [0, 0.05) is 17.7 Å². The van der Waals surface area contributed by atoms with Crippen molar-refractivity contribution in [3.05, 3.63) is 89.6 Å². The van der Waals surface area contributed by atoms with Crippen molar-refractivity contribution in [1.82, 2.24) is 0 Å². The molecule has 4 aromatic rings. The van der Waals surface area contributed by atoms with Crippen LogP contribution < -0.4 is 4.57 Å². The molecule has 0 radical (unpaired) electrons. The first-order valence-electron chi connectivity index (χ1n) is 8.82. The molecular weight excluding hydrogens is 302 g/mol. The van der Waals surface area contributed by atoms with Gasteiger partial charge in [-0.3, -0.25) is 0 Å². The summed E-state index contributed by atoms with van der Waals surface area (Å²) in [5.41, 5.74) is 9.65. The van der Waals surface area contributed by atoms with Crippen molar-refractivity contribution in [1.29, 1.82) is 0 Å². The van der Waals surface area contributed by atoms with Crippen LogP contribution in [-0.2, 0) is 13.5 Å². The lowest BCUT2D eigenvalue weighted by Gasteiger charge is -2.10. The van der Waals surface area contributed by atoms with E-state index in [1.165, 1.54) is 49.8 Å². The van der Waals surface area contributed by atoms with Gasteiger partial charge in [-0.05, 0) is 64.1 Å². The van der Waals surface area contributed by atoms with Gasteiger partial charge in [-0.2, -0.15) is 0 Å². The van der Waals surface area contributed by atoms with Gasteiger partial charge < -0.3 is 0 Å². The number of rotatable bonds is 1. The molecule has 0 fully saturated rings. The SMILES string of the molecule is Cc1cc2c(cc1-c1cccc[n+]1C)-c1c(ccc3ccccc13)C2. The Bertz CT molecular complexity index is 1140. The van der Waals surface area contributed by atoms with Gasteiger partial charge in [-0.1, -0.05) is 42.5 Å². The maximum absolute atomic E-state index is 2.40.